The summed E-state index contributed by atoms with van der Waals surface area (Å²) in [5, 5.41) is 12.9. The molecule has 142 valence electrons. The zero-order chi connectivity index (χ0) is 20.5. The van der Waals surface area contributed by atoms with Crippen LogP contribution in [0.2, 0.25) is 0 Å². The zero-order valence-electron chi connectivity index (χ0n) is 15.8. The molecule has 0 saturated heterocycles. The summed E-state index contributed by atoms with van der Waals surface area (Å²) in [4.78, 5) is 22.3. The second-order valence-corrected chi connectivity index (χ2v) is 6.71. The summed E-state index contributed by atoms with van der Waals surface area (Å²) >= 11 is 0. The van der Waals surface area contributed by atoms with Crippen molar-refractivity contribution < 1.29 is 4.79 Å². The smallest absolute Gasteiger partial charge is 0.256 e. The molecule has 5 aromatic rings. The number of carbonyl (C=O) groups is 1. The third-order valence-corrected chi connectivity index (χ3v) is 4.86. The Morgan fingerprint density at radius 1 is 0.833 bits per heavy atom. The fraction of sp³-hybridized carbons (Fsp3) is 0. The summed E-state index contributed by atoms with van der Waals surface area (Å²) in [5.74, 6) is 0.0412. The van der Waals surface area contributed by atoms with E-state index in [-0.39, 0.29) is 11.5 Å². The number of fused-ring (bicyclic) bond motifs is 2. The fourth-order valence-corrected chi connectivity index (χ4v) is 3.47. The average Bonchev–Trinajstić information content (AvgIpc) is 3.10. The summed E-state index contributed by atoms with van der Waals surface area (Å²) in [6, 6.07) is 28.1. The Balaban J connectivity index is 1.80. The fourth-order valence-electron chi connectivity index (χ4n) is 3.47. The first-order chi connectivity index (χ1) is 14.8. The van der Waals surface area contributed by atoms with Crippen molar-refractivity contribution in [3.8, 4) is 11.8 Å². The van der Waals surface area contributed by atoms with Crippen LogP contribution < -0.4 is 5.32 Å². The van der Waals surface area contributed by atoms with Crippen LogP contribution in [0.5, 0.6) is 0 Å². The van der Waals surface area contributed by atoms with Gasteiger partial charge in [-0.2, -0.15) is 5.26 Å². The quantitative estimate of drug-likeness (QED) is 0.485. The Bertz CT molecular complexity index is 1430. The molecule has 6 nitrogen and oxygen atoms in total. The van der Waals surface area contributed by atoms with E-state index in [4.69, 9.17) is 4.98 Å². The van der Waals surface area contributed by atoms with Crippen LogP contribution in [0.4, 0.5) is 5.82 Å². The first kappa shape index (κ1) is 17.6. The minimum Gasteiger partial charge on any atom is -0.306 e. The van der Waals surface area contributed by atoms with Crippen LogP contribution in [0.3, 0.4) is 0 Å². The summed E-state index contributed by atoms with van der Waals surface area (Å²) in [6.07, 6.45) is 0. The molecular formula is C24H15N5O. The van der Waals surface area contributed by atoms with Crippen molar-refractivity contribution in [1.82, 2.24) is 14.5 Å². The first-order valence-electron chi connectivity index (χ1n) is 9.39. The number of hydrogen-bond donors (Lipinski definition) is 1. The van der Waals surface area contributed by atoms with Crippen LogP contribution in [0.25, 0.3) is 27.9 Å². The minimum atomic E-state index is -0.309. The van der Waals surface area contributed by atoms with Gasteiger partial charge in [-0.3, -0.25) is 9.36 Å². The molecule has 0 aliphatic rings. The number of anilines is 1. The van der Waals surface area contributed by atoms with E-state index in [1.165, 1.54) is 0 Å². The highest BCUT2D eigenvalue weighted by atomic mass is 16.1. The maximum absolute atomic E-state index is 12.9. The van der Waals surface area contributed by atoms with Crippen LogP contribution in [0.1, 0.15) is 15.9 Å². The van der Waals surface area contributed by atoms with Crippen molar-refractivity contribution in [2.75, 3.05) is 5.32 Å². The standard InChI is InChI=1S/C24H15N5O/c25-15-18-21-23(27-20-14-8-7-13-19(20)26-21)29(17-11-5-2-6-12-17)22(18)28-24(30)16-9-3-1-4-10-16/h1-14H,(H,28,30). The number of nitrogens with one attached hydrogen (secondary N) is 1. The van der Waals surface area contributed by atoms with Crippen LogP contribution in [-0.4, -0.2) is 20.4 Å². The number of amides is 1. The lowest BCUT2D eigenvalue weighted by Gasteiger charge is -2.11. The zero-order valence-corrected chi connectivity index (χ0v) is 15.8. The molecule has 5 rings (SSSR count). The van der Waals surface area contributed by atoms with Crippen LogP contribution >= 0.6 is 0 Å². The Kier molecular flexibility index (Phi) is 4.19. The van der Waals surface area contributed by atoms with Crippen LogP contribution in [0.15, 0.2) is 84.9 Å². The lowest BCUT2D eigenvalue weighted by Crippen LogP contribution is -2.15. The van der Waals surface area contributed by atoms with Crippen LogP contribution in [-0.2, 0) is 0 Å². The molecule has 0 bridgehead atoms. The van der Waals surface area contributed by atoms with Crippen molar-refractivity contribution in [3.05, 3.63) is 96.1 Å². The highest BCUT2D eigenvalue weighted by Gasteiger charge is 2.23. The molecule has 0 unspecified atom stereocenters. The molecule has 2 aromatic heterocycles. The molecule has 0 saturated carbocycles. The molecule has 0 atom stereocenters. The van der Waals surface area contributed by atoms with E-state index in [0.29, 0.717) is 33.6 Å². The number of rotatable bonds is 3. The minimum absolute atomic E-state index is 0.274. The van der Waals surface area contributed by atoms with Gasteiger partial charge in [0, 0.05) is 11.3 Å². The monoisotopic (exact) mass is 389 g/mol. The molecule has 0 aliphatic heterocycles. The second kappa shape index (κ2) is 7.15. The Hall–Kier alpha value is -4.50. The summed E-state index contributed by atoms with van der Waals surface area (Å²) in [7, 11) is 0. The molecule has 0 radical (unpaired) electrons. The van der Waals surface area contributed by atoms with Crippen molar-refractivity contribution in [3.63, 3.8) is 0 Å². The third-order valence-electron chi connectivity index (χ3n) is 4.86. The lowest BCUT2D eigenvalue weighted by atomic mass is 10.2. The number of hydrogen-bond acceptors (Lipinski definition) is 4. The molecule has 1 amide bonds. The van der Waals surface area contributed by atoms with Crippen molar-refractivity contribution in [1.29, 1.82) is 5.26 Å². The van der Waals surface area contributed by atoms with Crippen molar-refractivity contribution in [2.45, 2.75) is 0 Å². The van der Waals surface area contributed by atoms with E-state index in [0.717, 1.165) is 5.69 Å². The van der Waals surface area contributed by atoms with E-state index < -0.39 is 0 Å². The van der Waals surface area contributed by atoms with Gasteiger partial charge in [0.25, 0.3) is 5.91 Å². The predicted octanol–water partition coefficient (Wildman–Crippen LogP) is 4.70. The van der Waals surface area contributed by atoms with E-state index in [1.807, 2.05) is 60.7 Å². The number of nitrogens with zero attached hydrogens (tertiary/aromatic N) is 4. The van der Waals surface area contributed by atoms with Crippen molar-refractivity contribution in [2.24, 2.45) is 0 Å². The van der Waals surface area contributed by atoms with Gasteiger partial charge in [-0.05, 0) is 36.4 Å². The van der Waals surface area contributed by atoms with Crippen molar-refractivity contribution >= 4 is 33.9 Å². The summed E-state index contributed by atoms with van der Waals surface area (Å²) in [6.45, 7) is 0. The molecule has 0 fully saturated rings. The molecule has 1 N–H and O–H groups in total. The molecule has 2 heterocycles. The normalized spacial score (nSPS) is 10.8. The molecule has 3 aromatic carbocycles. The van der Waals surface area contributed by atoms with Gasteiger partial charge in [0.15, 0.2) is 5.65 Å². The molecule has 0 spiro atoms. The van der Waals surface area contributed by atoms with E-state index >= 15 is 0 Å². The van der Waals surface area contributed by atoms with Gasteiger partial charge in [0.05, 0.1) is 11.0 Å². The number of nitriles is 1. The Labute approximate surface area is 172 Å². The van der Waals surface area contributed by atoms with Gasteiger partial charge in [0.1, 0.15) is 23.0 Å². The SMILES string of the molecule is N#Cc1c(NC(=O)c2ccccc2)n(-c2ccccc2)c2nc3ccccc3nc12. The third kappa shape index (κ3) is 2.86. The predicted molar refractivity (Wildman–Crippen MR) is 115 cm³/mol. The van der Waals surface area contributed by atoms with Gasteiger partial charge in [-0.15, -0.1) is 0 Å². The van der Waals surface area contributed by atoms with Crippen LogP contribution in [0, 0.1) is 11.3 Å². The largest absolute Gasteiger partial charge is 0.306 e. The second-order valence-electron chi connectivity index (χ2n) is 6.71. The number of para-hydroxylation sites is 3. The van der Waals surface area contributed by atoms with Gasteiger partial charge < -0.3 is 5.32 Å². The number of aromatic nitrogens is 3. The van der Waals surface area contributed by atoms with E-state index in [2.05, 4.69) is 16.4 Å². The van der Waals surface area contributed by atoms with Gasteiger partial charge in [0.2, 0.25) is 0 Å². The maximum atomic E-state index is 12.9. The highest BCUT2D eigenvalue weighted by molar-refractivity contribution is 6.07. The Morgan fingerprint density at radius 3 is 2.10 bits per heavy atom. The number of carbonyl (C=O) groups excluding carboxylic acids is 1. The maximum Gasteiger partial charge on any atom is 0.256 e. The molecule has 6 heteroatoms. The van der Waals surface area contributed by atoms with Gasteiger partial charge in [-0.25, -0.2) is 9.97 Å². The average molecular weight is 389 g/mol. The molecular weight excluding hydrogens is 374 g/mol. The molecule has 30 heavy (non-hydrogen) atoms. The number of benzene rings is 3. The summed E-state index contributed by atoms with van der Waals surface area (Å²) < 4.78 is 1.77. The topological polar surface area (TPSA) is 83.6 Å². The van der Waals surface area contributed by atoms with E-state index in [9.17, 15) is 10.1 Å². The highest BCUT2D eigenvalue weighted by Crippen LogP contribution is 2.32. The Morgan fingerprint density at radius 2 is 1.43 bits per heavy atom. The van der Waals surface area contributed by atoms with Gasteiger partial charge >= 0.3 is 0 Å². The lowest BCUT2D eigenvalue weighted by molar-refractivity contribution is 0.102. The summed E-state index contributed by atoms with van der Waals surface area (Å²) in [5.41, 5.74) is 3.91. The van der Waals surface area contributed by atoms with E-state index in [1.54, 1.807) is 28.8 Å². The molecule has 0 aliphatic carbocycles. The first-order valence-corrected chi connectivity index (χ1v) is 9.39. The van der Waals surface area contributed by atoms with Gasteiger partial charge in [-0.1, -0.05) is 48.5 Å².